The third kappa shape index (κ3) is 2.70. The lowest BCUT2D eigenvalue weighted by molar-refractivity contribution is -0.136. The van der Waals surface area contributed by atoms with Crippen LogP contribution in [-0.2, 0) is 24.1 Å². The molecule has 1 aromatic heterocycles. The van der Waals surface area contributed by atoms with Gasteiger partial charge in [0.1, 0.15) is 0 Å². The molecule has 1 heterocycles. The normalized spacial score (nSPS) is 10.8. The molecule has 2 rings (SSSR count). The van der Waals surface area contributed by atoms with Gasteiger partial charge in [-0.1, -0.05) is 43.6 Å². The van der Waals surface area contributed by atoms with Crippen LogP contribution in [0.4, 0.5) is 0 Å². The highest BCUT2D eigenvalue weighted by Gasteiger charge is 2.17. The van der Waals surface area contributed by atoms with Crippen LogP contribution >= 0.6 is 11.6 Å². The summed E-state index contributed by atoms with van der Waals surface area (Å²) >= 11 is 6.34. The van der Waals surface area contributed by atoms with Crippen molar-refractivity contribution in [1.82, 2.24) is 9.78 Å². The van der Waals surface area contributed by atoms with Gasteiger partial charge in [-0.25, -0.2) is 4.68 Å². The third-order valence-electron chi connectivity index (χ3n) is 3.21. The molecule has 0 spiro atoms. The molecule has 0 saturated heterocycles. The summed E-state index contributed by atoms with van der Waals surface area (Å²) in [6.45, 7) is 4.01. The molecular formula is C15H17ClN2O2. The molecule has 0 aliphatic rings. The van der Waals surface area contributed by atoms with E-state index in [4.69, 9.17) is 16.7 Å². The van der Waals surface area contributed by atoms with Gasteiger partial charge in [0.15, 0.2) is 0 Å². The van der Waals surface area contributed by atoms with Crippen LogP contribution in [0.25, 0.3) is 5.69 Å². The fraction of sp³-hybridized carbons (Fsp3) is 0.333. The second-order valence-electron chi connectivity index (χ2n) is 4.53. The Morgan fingerprint density at radius 1 is 1.30 bits per heavy atom. The van der Waals surface area contributed by atoms with Crippen molar-refractivity contribution in [3.05, 3.63) is 46.2 Å². The lowest BCUT2D eigenvalue weighted by Crippen LogP contribution is -2.08. The topological polar surface area (TPSA) is 55.1 Å². The van der Waals surface area contributed by atoms with Gasteiger partial charge < -0.3 is 5.11 Å². The molecule has 0 saturated carbocycles. The Morgan fingerprint density at radius 2 is 2.00 bits per heavy atom. The van der Waals surface area contributed by atoms with Crippen LogP contribution in [0.5, 0.6) is 0 Å². The molecule has 4 nitrogen and oxygen atoms in total. The Morgan fingerprint density at radius 3 is 2.60 bits per heavy atom. The van der Waals surface area contributed by atoms with E-state index in [9.17, 15) is 4.79 Å². The van der Waals surface area contributed by atoms with Crippen molar-refractivity contribution in [3.63, 3.8) is 0 Å². The molecule has 0 bridgehead atoms. The number of hydrogen-bond acceptors (Lipinski definition) is 2. The van der Waals surface area contributed by atoms with Crippen LogP contribution in [0.15, 0.2) is 24.3 Å². The first-order valence-corrected chi connectivity index (χ1v) is 7.02. The van der Waals surface area contributed by atoms with E-state index in [1.807, 2.05) is 38.1 Å². The molecule has 0 unspecified atom stereocenters. The van der Waals surface area contributed by atoms with Gasteiger partial charge in [-0.05, 0) is 24.5 Å². The zero-order valence-electron chi connectivity index (χ0n) is 11.6. The van der Waals surface area contributed by atoms with Gasteiger partial charge in [0.2, 0.25) is 0 Å². The van der Waals surface area contributed by atoms with Crippen LogP contribution in [0.3, 0.4) is 0 Å². The standard InChI is InChI=1S/C15H17ClN2O2/c1-3-11-15(16)12(4-2)18(17-11)13-8-6-5-7-10(13)9-14(19)20/h5-8H,3-4,9H2,1-2H3,(H,19,20). The van der Waals surface area contributed by atoms with Gasteiger partial charge in [0.25, 0.3) is 0 Å². The number of hydrogen-bond donors (Lipinski definition) is 1. The highest BCUT2D eigenvalue weighted by molar-refractivity contribution is 6.32. The first kappa shape index (κ1) is 14.6. The van der Waals surface area contributed by atoms with Crippen molar-refractivity contribution in [2.75, 3.05) is 0 Å². The molecule has 106 valence electrons. The number of aryl methyl sites for hydroxylation is 1. The maximum atomic E-state index is 11.0. The molecule has 0 aliphatic heterocycles. The number of nitrogens with zero attached hydrogens (tertiary/aromatic N) is 2. The second-order valence-corrected chi connectivity index (χ2v) is 4.90. The summed E-state index contributed by atoms with van der Waals surface area (Å²) in [5, 5.41) is 14.2. The number of benzene rings is 1. The summed E-state index contributed by atoms with van der Waals surface area (Å²) in [7, 11) is 0. The third-order valence-corrected chi connectivity index (χ3v) is 3.65. The quantitative estimate of drug-likeness (QED) is 0.920. The first-order chi connectivity index (χ1) is 9.58. The first-order valence-electron chi connectivity index (χ1n) is 6.64. The van der Waals surface area contributed by atoms with Crippen LogP contribution in [-0.4, -0.2) is 20.9 Å². The molecule has 0 aliphatic carbocycles. The van der Waals surface area contributed by atoms with Gasteiger partial charge >= 0.3 is 5.97 Å². The van der Waals surface area contributed by atoms with Crippen LogP contribution in [0.1, 0.15) is 30.8 Å². The summed E-state index contributed by atoms with van der Waals surface area (Å²) in [6.07, 6.45) is 1.46. The number of carboxylic acids is 1. The van der Waals surface area contributed by atoms with Crippen molar-refractivity contribution in [3.8, 4) is 5.69 Å². The summed E-state index contributed by atoms with van der Waals surface area (Å²) in [5.41, 5.74) is 3.28. The molecule has 1 aromatic carbocycles. The Hall–Kier alpha value is -1.81. The molecule has 5 heteroatoms. The minimum Gasteiger partial charge on any atom is -0.481 e. The number of para-hydroxylation sites is 1. The lowest BCUT2D eigenvalue weighted by atomic mass is 10.1. The van der Waals surface area contributed by atoms with E-state index in [0.29, 0.717) is 5.02 Å². The number of aromatic nitrogens is 2. The highest BCUT2D eigenvalue weighted by atomic mass is 35.5. The summed E-state index contributed by atoms with van der Waals surface area (Å²) in [5.74, 6) is -0.857. The second kappa shape index (κ2) is 6.09. The lowest BCUT2D eigenvalue weighted by Gasteiger charge is -2.10. The van der Waals surface area contributed by atoms with E-state index in [2.05, 4.69) is 5.10 Å². The number of carboxylic acid groups (broad SMARTS) is 1. The number of aliphatic carboxylic acids is 1. The van der Waals surface area contributed by atoms with E-state index in [1.165, 1.54) is 0 Å². The van der Waals surface area contributed by atoms with Crippen molar-refractivity contribution in [1.29, 1.82) is 0 Å². The molecule has 0 amide bonds. The maximum Gasteiger partial charge on any atom is 0.307 e. The number of rotatable bonds is 5. The Balaban J connectivity index is 2.59. The predicted octanol–water partition coefficient (Wildman–Crippen LogP) is 3.28. The maximum absolute atomic E-state index is 11.0. The van der Waals surface area contributed by atoms with Gasteiger partial charge in [0, 0.05) is 0 Å². The highest BCUT2D eigenvalue weighted by Crippen LogP contribution is 2.26. The fourth-order valence-corrected chi connectivity index (χ4v) is 2.63. The SMILES string of the molecule is CCc1nn(-c2ccccc2CC(=O)O)c(CC)c1Cl. The molecule has 2 aromatic rings. The fourth-order valence-electron chi connectivity index (χ4n) is 2.24. The van der Waals surface area contributed by atoms with E-state index in [-0.39, 0.29) is 6.42 Å². The van der Waals surface area contributed by atoms with Crippen molar-refractivity contribution in [2.45, 2.75) is 33.1 Å². The molecule has 0 fully saturated rings. The van der Waals surface area contributed by atoms with Crippen LogP contribution in [0, 0.1) is 0 Å². The monoisotopic (exact) mass is 292 g/mol. The van der Waals surface area contributed by atoms with Crippen LogP contribution < -0.4 is 0 Å². The van der Waals surface area contributed by atoms with E-state index < -0.39 is 5.97 Å². The minimum atomic E-state index is -0.857. The van der Waals surface area contributed by atoms with E-state index in [1.54, 1.807) is 4.68 Å². The zero-order chi connectivity index (χ0) is 14.7. The average molecular weight is 293 g/mol. The summed E-state index contributed by atoms with van der Waals surface area (Å²) in [6, 6.07) is 7.39. The molecule has 0 atom stereocenters. The molecule has 1 N–H and O–H groups in total. The zero-order valence-corrected chi connectivity index (χ0v) is 12.3. The van der Waals surface area contributed by atoms with Crippen molar-refractivity contribution in [2.24, 2.45) is 0 Å². The Bertz CT molecular complexity index is 635. The Kier molecular flexibility index (Phi) is 4.45. The summed E-state index contributed by atoms with van der Waals surface area (Å²) in [4.78, 5) is 11.0. The molecule has 0 radical (unpaired) electrons. The average Bonchev–Trinajstić information content (AvgIpc) is 2.74. The van der Waals surface area contributed by atoms with Crippen molar-refractivity contribution >= 4 is 17.6 Å². The largest absolute Gasteiger partial charge is 0.481 e. The Labute approximate surface area is 123 Å². The van der Waals surface area contributed by atoms with Gasteiger partial charge in [-0.2, -0.15) is 5.10 Å². The van der Waals surface area contributed by atoms with E-state index in [0.717, 1.165) is 35.5 Å². The van der Waals surface area contributed by atoms with Gasteiger partial charge in [0.05, 0.1) is 28.5 Å². The molecular weight excluding hydrogens is 276 g/mol. The predicted molar refractivity (Wildman–Crippen MR) is 78.7 cm³/mol. The number of halogens is 1. The van der Waals surface area contributed by atoms with Crippen LogP contribution in [0.2, 0.25) is 5.02 Å². The van der Waals surface area contributed by atoms with Gasteiger partial charge in [-0.3, -0.25) is 4.79 Å². The number of carbonyl (C=O) groups is 1. The van der Waals surface area contributed by atoms with E-state index >= 15 is 0 Å². The smallest absolute Gasteiger partial charge is 0.307 e. The van der Waals surface area contributed by atoms with Crippen molar-refractivity contribution < 1.29 is 9.90 Å². The summed E-state index contributed by atoms with van der Waals surface area (Å²) < 4.78 is 1.78. The van der Waals surface area contributed by atoms with Gasteiger partial charge in [-0.15, -0.1) is 0 Å². The molecule has 20 heavy (non-hydrogen) atoms. The minimum absolute atomic E-state index is 0.0295.